The van der Waals surface area contributed by atoms with Gasteiger partial charge in [0.1, 0.15) is 5.75 Å². The molecule has 27 heavy (non-hydrogen) atoms. The van der Waals surface area contributed by atoms with E-state index in [4.69, 9.17) is 0 Å². The Morgan fingerprint density at radius 2 is 1.81 bits per heavy atom. The van der Waals surface area contributed by atoms with Crippen molar-refractivity contribution in [2.45, 2.75) is 33.6 Å². The Morgan fingerprint density at radius 1 is 1.11 bits per heavy atom. The lowest BCUT2D eigenvalue weighted by Crippen LogP contribution is -2.40. The lowest BCUT2D eigenvalue weighted by Gasteiger charge is -2.30. The smallest absolute Gasteiger partial charge is 0.239 e. The topological polar surface area (TPSA) is 53.4 Å². The van der Waals surface area contributed by atoms with Crippen LogP contribution in [0.5, 0.6) is 5.75 Å². The third-order valence-electron chi connectivity index (χ3n) is 5.29. The maximum Gasteiger partial charge on any atom is 0.239 e. The number of amides is 1. The quantitative estimate of drug-likeness (QED) is 0.703. The fourth-order valence-corrected chi connectivity index (χ4v) is 4.65. The Balaban J connectivity index is 1.75. The highest BCUT2D eigenvalue weighted by molar-refractivity contribution is 7.16. The van der Waals surface area contributed by atoms with Crippen LogP contribution in [0.3, 0.4) is 0 Å². The minimum Gasteiger partial charge on any atom is -0.508 e. The van der Waals surface area contributed by atoms with Crippen LogP contribution in [-0.2, 0) is 17.6 Å². The van der Waals surface area contributed by atoms with Crippen molar-refractivity contribution in [3.05, 3.63) is 70.2 Å². The van der Waals surface area contributed by atoms with Gasteiger partial charge in [-0.1, -0.05) is 31.2 Å². The number of anilines is 2. The first-order valence-electron chi connectivity index (χ1n) is 9.02. The molecule has 0 fully saturated rings. The number of para-hydroxylation sites is 1. The van der Waals surface area contributed by atoms with Gasteiger partial charge in [-0.15, -0.1) is 11.3 Å². The van der Waals surface area contributed by atoms with E-state index in [9.17, 15) is 9.90 Å². The molecule has 0 aliphatic heterocycles. The summed E-state index contributed by atoms with van der Waals surface area (Å²) in [5.74, 6) is 0.287. The molecule has 0 saturated carbocycles. The molecule has 0 radical (unpaired) electrons. The number of aromatic nitrogens is 1. The Labute approximate surface area is 163 Å². The molecular weight excluding hydrogens is 356 g/mol. The van der Waals surface area contributed by atoms with Crippen molar-refractivity contribution in [2.75, 3.05) is 4.90 Å². The molecule has 5 heteroatoms. The molecule has 138 valence electrons. The van der Waals surface area contributed by atoms with E-state index in [1.807, 2.05) is 57.2 Å². The van der Waals surface area contributed by atoms with Crippen LogP contribution in [0.1, 0.15) is 28.6 Å². The molecule has 0 saturated heterocycles. The predicted molar refractivity (Wildman–Crippen MR) is 109 cm³/mol. The SMILES string of the molecule is Cc1nc(N(C(=O)C2(C)Cc3ccc(O)cc3C2)c2ccccc2)sc1C. The Hall–Kier alpha value is -2.66. The van der Waals surface area contributed by atoms with Crippen molar-refractivity contribution >= 4 is 28.1 Å². The fourth-order valence-electron chi connectivity index (χ4n) is 3.72. The molecule has 1 aromatic heterocycles. The van der Waals surface area contributed by atoms with Crippen molar-refractivity contribution in [2.24, 2.45) is 5.41 Å². The number of nitrogens with zero attached hydrogens (tertiary/aromatic N) is 2. The number of fused-ring (bicyclic) bond motifs is 1. The van der Waals surface area contributed by atoms with E-state index in [0.717, 1.165) is 27.4 Å². The number of hydrogen-bond acceptors (Lipinski definition) is 4. The van der Waals surface area contributed by atoms with E-state index < -0.39 is 5.41 Å². The van der Waals surface area contributed by atoms with Gasteiger partial charge in [-0.2, -0.15) is 0 Å². The minimum absolute atomic E-state index is 0.0399. The maximum absolute atomic E-state index is 13.8. The summed E-state index contributed by atoms with van der Waals surface area (Å²) in [4.78, 5) is 21.3. The Kier molecular flexibility index (Phi) is 4.27. The average Bonchev–Trinajstić information content (AvgIpc) is 3.15. The van der Waals surface area contributed by atoms with Crippen molar-refractivity contribution < 1.29 is 9.90 Å². The zero-order valence-corrected chi connectivity index (χ0v) is 16.5. The summed E-state index contributed by atoms with van der Waals surface area (Å²) in [6.07, 6.45) is 1.27. The molecule has 1 heterocycles. The largest absolute Gasteiger partial charge is 0.508 e. The number of phenols is 1. The first kappa shape index (κ1) is 17.7. The number of hydrogen-bond donors (Lipinski definition) is 1. The third kappa shape index (κ3) is 3.12. The third-order valence-corrected chi connectivity index (χ3v) is 6.35. The van der Waals surface area contributed by atoms with Crippen molar-refractivity contribution in [1.82, 2.24) is 4.98 Å². The maximum atomic E-state index is 13.8. The van der Waals surface area contributed by atoms with E-state index in [1.54, 1.807) is 28.4 Å². The van der Waals surface area contributed by atoms with Crippen LogP contribution in [0.4, 0.5) is 10.8 Å². The molecule has 1 aliphatic rings. The molecule has 1 aliphatic carbocycles. The molecule has 0 bridgehead atoms. The number of phenolic OH excluding ortho intramolecular Hbond substituents is 1. The standard InChI is InChI=1S/C22H22N2O2S/c1-14-15(2)27-21(23-14)24(18-7-5-4-6-8-18)20(26)22(3)12-16-9-10-19(25)11-17(16)13-22/h4-11,25H,12-13H2,1-3H3. The number of rotatable bonds is 3. The summed E-state index contributed by atoms with van der Waals surface area (Å²) < 4.78 is 0. The van der Waals surface area contributed by atoms with Crippen LogP contribution < -0.4 is 4.90 Å². The number of carbonyl (C=O) groups excluding carboxylic acids is 1. The number of aromatic hydroxyl groups is 1. The van der Waals surface area contributed by atoms with Crippen LogP contribution in [-0.4, -0.2) is 16.0 Å². The summed E-state index contributed by atoms with van der Waals surface area (Å²) in [6, 6.07) is 15.1. The second-order valence-corrected chi connectivity index (χ2v) is 8.66. The molecule has 1 unspecified atom stereocenters. The average molecular weight is 378 g/mol. The predicted octanol–water partition coefficient (Wildman–Crippen LogP) is 4.94. The zero-order valence-electron chi connectivity index (χ0n) is 15.7. The van der Waals surface area contributed by atoms with Crippen LogP contribution in [0, 0.1) is 19.3 Å². The van der Waals surface area contributed by atoms with Crippen LogP contribution in [0.2, 0.25) is 0 Å². The lowest BCUT2D eigenvalue weighted by molar-refractivity contribution is -0.126. The molecule has 2 aromatic carbocycles. The molecule has 1 amide bonds. The van der Waals surface area contributed by atoms with Gasteiger partial charge in [0.15, 0.2) is 5.13 Å². The van der Waals surface area contributed by atoms with Gasteiger partial charge in [-0.3, -0.25) is 9.69 Å². The number of benzene rings is 2. The van der Waals surface area contributed by atoms with Gasteiger partial charge in [0.05, 0.1) is 16.8 Å². The summed E-state index contributed by atoms with van der Waals surface area (Å²) in [5.41, 5.74) is 3.39. The van der Waals surface area contributed by atoms with Gasteiger partial charge >= 0.3 is 0 Å². The minimum atomic E-state index is -0.570. The van der Waals surface area contributed by atoms with Crippen molar-refractivity contribution in [3.8, 4) is 5.75 Å². The van der Waals surface area contributed by atoms with Gasteiger partial charge in [-0.05, 0) is 62.1 Å². The molecular formula is C22H22N2O2S. The van der Waals surface area contributed by atoms with E-state index in [2.05, 4.69) is 4.98 Å². The summed E-state index contributed by atoms with van der Waals surface area (Å²) in [5, 5.41) is 10.5. The fraction of sp³-hybridized carbons (Fsp3) is 0.273. The summed E-state index contributed by atoms with van der Waals surface area (Å²) >= 11 is 1.54. The van der Waals surface area contributed by atoms with E-state index in [-0.39, 0.29) is 11.7 Å². The zero-order chi connectivity index (χ0) is 19.2. The highest BCUT2D eigenvalue weighted by Crippen LogP contribution is 2.43. The number of carbonyl (C=O) groups is 1. The van der Waals surface area contributed by atoms with E-state index in [1.165, 1.54) is 0 Å². The molecule has 4 nitrogen and oxygen atoms in total. The second kappa shape index (κ2) is 6.50. The lowest BCUT2D eigenvalue weighted by atomic mass is 9.85. The van der Waals surface area contributed by atoms with Crippen molar-refractivity contribution in [3.63, 3.8) is 0 Å². The van der Waals surface area contributed by atoms with Crippen molar-refractivity contribution in [1.29, 1.82) is 0 Å². The highest BCUT2D eigenvalue weighted by atomic mass is 32.1. The van der Waals surface area contributed by atoms with E-state index >= 15 is 0 Å². The van der Waals surface area contributed by atoms with Gasteiger partial charge in [0.2, 0.25) is 5.91 Å². The Morgan fingerprint density at radius 3 is 2.48 bits per heavy atom. The van der Waals surface area contributed by atoms with Crippen LogP contribution >= 0.6 is 11.3 Å². The molecule has 1 atom stereocenters. The summed E-state index contributed by atoms with van der Waals surface area (Å²) in [7, 11) is 0. The van der Waals surface area contributed by atoms with Gasteiger partial charge in [-0.25, -0.2) is 4.98 Å². The molecule has 1 N–H and O–H groups in total. The van der Waals surface area contributed by atoms with Gasteiger partial charge in [0, 0.05) is 4.88 Å². The highest BCUT2D eigenvalue weighted by Gasteiger charge is 2.43. The Bertz CT molecular complexity index is 993. The van der Waals surface area contributed by atoms with Crippen LogP contribution in [0.15, 0.2) is 48.5 Å². The monoisotopic (exact) mass is 378 g/mol. The van der Waals surface area contributed by atoms with Gasteiger partial charge < -0.3 is 5.11 Å². The second-order valence-electron chi connectivity index (χ2n) is 7.48. The molecule has 3 aromatic rings. The van der Waals surface area contributed by atoms with E-state index in [0.29, 0.717) is 18.0 Å². The normalized spacial score (nSPS) is 18.3. The van der Waals surface area contributed by atoms with Crippen LogP contribution in [0.25, 0.3) is 0 Å². The number of aryl methyl sites for hydroxylation is 2. The number of thiazole rings is 1. The molecule has 0 spiro atoms. The molecule has 4 rings (SSSR count). The first-order valence-corrected chi connectivity index (χ1v) is 9.83. The van der Waals surface area contributed by atoms with Gasteiger partial charge in [0.25, 0.3) is 0 Å². The first-order chi connectivity index (χ1) is 12.9. The summed E-state index contributed by atoms with van der Waals surface area (Å²) in [6.45, 7) is 6.01.